The molecule has 1 N–H and O–H groups in total. The minimum absolute atomic E-state index is 0.0694. The zero-order valence-corrected chi connectivity index (χ0v) is 16.7. The summed E-state index contributed by atoms with van der Waals surface area (Å²) in [6, 6.07) is 15.9. The maximum atomic E-state index is 12.6. The van der Waals surface area contributed by atoms with E-state index < -0.39 is 0 Å². The number of carbonyl (C=O) groups excluding carboxylic acids is 2. The van der Waals surface area contributed by atoms with Gasteiger partial charge in [-0.2, -0.15) is 0 Å². The maximum Gasteiger partial charge on any atom is 0.223 e. The molecule has 0 aromatic heterocycles. The van der Waals surface area contributed by atoms with E-state index in [4.69, 9.17) is 0 Å². The molecule has 3 rings (SSSR count). The minimum Gasteiger partial charge on any atom is -0.352 e. The van der Waals surface area contributed by atoms with Gasteiger partial charge in [-0.3, -0.25) is 9.59 Å². The lowest BCUT2D eigenvalue weighted by Gasteiger charge is -2.32. The Morgan fingerprint density at radius 3 is 2.39 bits per heavy atom. The van der Waals surface area contributed by atoms with Crippen molar-refractivity contribution in [3.63, 3.8) is 0 Å². The first kappa shape index (κ1) is 19.8. The summed E-state index contributed by atoms with van der Waals surface area (Å²) in [5.41, 5.74) is 4.35. The molecular weight excluding hydrogens is 350 g/mol. The van der Waals surface area contributed by atoms with Gasteiger partial charge in [0.1, 0.15) is 0 Å². The van der Waals surface area contributed by atoms with Gasteiger partial charge in [-0.25, -0.2) is 0 Å². The highest BCUT2D eigenvalue weighted by atomic mass is 16.2. The fraction of sp³-hybridized carbons (Fsp3) is 0.304. The minimum atomic E-state index is -0.277. The van der Waals surface area contributed by atoms with Crippen LogP contribution in [0.4, 0.5) is 0 Å². The Hall–Kier alpha value is -2.92. The summed E-state index contributed by atoms with van der Waals surface area (Å²) in [6.07, 6.45) is 3.92. The standard InChI is InChI=1S/C23H27N3O2/c1-17(27)26-13-12-20-6-4-5-7-21(20)22(26)14-23(28)24-15-18-8-10-19(11-9-18)16-25(2)3/h4-13,22H,14-16H2,1-3H3,(H,24,28). The van der Waals surface area contributed by atoms with Crippen LogP contribution in [0.3, 0.4) is 0 Å². The van der Waals surface area contributed by atoms with Gasteiger partial charge in [0.25, 0.3) is 0 Å². The van der Waals surface area contributed by atoms with Gasteiger partial charge < -0.3 is 15.1 Å². The fourth-order valence-corrected chi connectivity index (χ4v) is 3.49. The smallest absolute Gasteiger partial charge is 0.223 e. The van der Waals surface area contributed by atoms with Crippen molar-refractivity contribution in [2.24, 2.45) is 0 Å². The monoisotopic (exact) mass is 377 g/mol. The summed E-state index contributed by atoms with van der Waals surface area (Å²) in [5, 5.41) is 2.99. The third kappa shape index (κ3) is 4.87. The average Bonchev–Trinajstić information content (AvgIpc) is 2.67. The molecule has 0 fully saturated rings. The van der Waals surface area contributed by atoms with Crippen LogP contribution in [0.2, 0.25) is 0 Å². The van der Waals surface area contributed by atoms with Crippen LogP contribution in [0, 0.1) is 0 Å². The number of benzene rings is 2. The number of nitrogens with zero attached hydrogens (tertiary/aromatic N) is 2. The van der Waals surface area contributed by atoms with Gasteiger partial charge in [0.15, 0.2) is 0 Å². The van der Waals surface area contributed by atoms with Crippen LogP contribution in [-0.4, -0.2) is 35.7 Å². The van der Waals surface area contributed by atoms with E-state index in [1.807, 2.05) is 56.6 Å². The largest absolute Gasteiger partial charge is 0.352 e. The van der Waals surface area contributed by atoms with Crippen molar-refractivity contribution >= 4 is 17.9 Å². The second kappa shape index (κ2) is 8.85. The summed E-state index contributed by atoms with van der Waals surface area (Å²) in [6.45, 7) is 2.89. The number of rotatable bonds is 6. The van der Waals surface area contributed by atoms with E-state index in [1.54, 1.807) is 11.1 Å². The van der Waals surface area contributed by atoms with Crippen molar-refractivity contribution < 1.29 is 9.59 Å². The lowest BCUT2D eigenvalue weighted by atomic mass is 9.93. The van der Waals surface area contributed by atoms with Gasteiger partial charge in [-0.05, 0) is 42.4 Å². The van der Waals surface area contributed by atoms with E-state index in [0.717, 1.165) is 23.2 Å². The molecule has 28 heavy (non-hydrogen) atoms. The Kier molecular flexibility index (Phi) is 6.26. The molecule has 0 aliphatic carbocycles. The highest BCUT2D eigenvalue weighted by Gasteiger charge is 2.27. The quantitative estimate of drug-likeness (QED) is 0.840. The molecule has 1 unspecified atom stereocenters. The molecular formula is C23H27N3O2. The molecule has 1 heterocycles. The van der Waals surface area contributed by atoms with Gasteiger partial charge in [-0.1, -0.05) is 48.5 Å². The Balaban J connectivity index is 1.63. The van der Waals surface area contributed by atoms with Crippen molar-refractivity contribution in [2.45, 2.75) is 32.5 Å². The highest BCUT2D eigenvalue weighted by Crippen LogP contribution is 2.32. The molecule has 0 radical (unpaired) electrons. The van der Waals surface area contributed by atoms with E-state index in [0.29, 0.717) is 6.54 Å². The first-order valence-electron chi connectivity index (χ1n) is 9.49. The molecule has 2 aromatic rings. The van der Waals surface area contributed by atoms with E-state index in [-0.39, 0.29) is 24.3 Å². The van der Waals surface area contributed by atoms with Gasteiger partial charge in [0.05, 0.1) is 12.5 Å². The van der Waals surface area contributed by atoms with Crippen LogP contribution in [0.1, 0.15) is 41.6 Å². The van der Waals surface area contributed by atoms with E-state index in [1.165, 1.54) is 12.5 Å². The second-order valence-electron chi connectivity index (χ2n) is 7.42. The summed E-state index contributed by atoms with van der Waals surface area (Å²) in [7, 11) is 4.08. The Morgan fingerprint density at radius 2 is 1.71 bits per heavy atom. The number of carbonyl (C=O) groups is 2. The number of fused-ring (bicyclic) bond motifs is 1. The lowest BCUT2D eigenvalue weighted by Crippen LogP contribution is -2.35. The van der Waals surface area contributed by atoms with Crippen molar-refractivity contribution in [3.05, 3.63) is 77.0 Å². The van der Waals surface area contributed by atoms with E-state index in [9.17, 15) is 9.59 Å². The first-order valence-corrected chi connectivity index (χ1v) is 9.49. The third-order valence-corrected chi connectivity index (χ3v) is 4.86. The molecule has 5 heteroatoms. The van der Waals surface area contributed by atoms with Crippen LogP contribution in [-0.2, 0) is 22.7 Å². The van der Waals surface area contributed by atoms with Crippen molar-refractivity contribution in [1.29, 1.82) is 0 Å². The van der Waals surface area contributed by atoms with Crippen LogP contribution < -0.4 is 5.32 Å². The van der Waals surface area contributed by atoms with E-state index >= 15 is 0 Å². The first-order chi connectivity index (χ1) is 13.4. The van der Waals surface area contributed by atoms with Gasteiger partial charge >= 0.3 is 0 Å². The van der Waals surface area contributed by atoms with Crippen molar-refractivity contribution in [3.8, 4) is 0 Å². The number of nitrogens with one attached hydrogen (secondary N) is 1. The SMILES string of the molecule is CC(=O)N1C=Cc2ccccc2C1CC(=O)NCc1ccc(CN(C)C)cc1. The van der Waals surface area contributed by atoms with Crippen LogP contribution in [0.25, 0.3) is 6.08 Å². The van der Waals surface area contributed by atoms with Gasteiger partial charge in [0, 0.05) is 26.2 Å². The lowest BCUT2D eigenvalue weighted by molar-refractivity contribution is -0.130. The van der Waals surface area contributed by atoms with Crippen molar-refractivity contribution in [2.75, 3.05) is 14.1 Å². The Bertz CT molecular complexity index is 872. The summed E-state index contributed by atoms with van der Waals surface area (Å²) in [4.78, 5) is 28.4. The number of hydrogen-bond acceptors (Lipinski definition) is 3. The fourth-order valence-electron chi connectivity index (χ4n) is 3.49. The molecule has 1 aliphatic heterocycles. The Labute approximate surface area is 166 Å². The number of amides is 2. The third-order valence-electron chi connectivity index (χ3n) is 4.86. The average molecular weight is 377 g/mol. The molecule has 146 valence electrons. The molecule has 0 saturated heterocycles. The molecule has 1 aliphatic rings. The molecule has 2 aromatic carbocycles. The number of hydrogen-bond donors (Lipinski definition) is 1. The molecule has 5 nitrogen and oxygen atoms in total. The molecule has 0 saturated carbocycles. The van der Waals surface area contributed by atoms with E-state index in [2.05, 4.69) is 22.3 Å². The van der Waals surface area contributed by atoms with Crippen LogP contribution in [0.15, 0.2) is 54.7 Å². The zero-order valence-electron chi connectivity index (χ0n) is 16.7. The Morgan fingerprint density at radius 1 is 1.04 bits per heavy atom. The second-order valence-corrected chi connectivity index (χ2v) is 7.42. The summed E-state index contributed by atoms with van der Waals surface area (Å²) >= 11 is 0. The maximum absolute atomic E-state index is 12.6. The highest BCUT2D eigenvalue weighted by molar-refractivity contribution is 5.81. The molecule has 0 bridgehead atoms. The summed E-state index contributed by atoms with van der Waals surface area (Å²) < 4.78 is 0. The summed E-state index contributed by atoms with van der Waals surface area (Å²) in [5.74, 6) is -0.140. The van der Waals surface area contributed by atoms with Gasteiger partial charge in [0.2, 0.25) is 11.8 Å². The van der Waals surface area contributed by atoms with Gasteiger partial charge in [-0.15, -0.1) is 0 Å². The zero-order chi connectivity index (χ0) is 20.1. The van der Waals surface area contributed by atoms with Crippen LogP contribution >= 0.6 is 0 Å². The molecule has 2 amide bonds. The van der Waals surface area contributed by atoms with Crippen molar-refractivity contribution in [1.82, 2.24) is 15.1 Å². The predicted octanol–water partition coefficient (Wildman–Crippen LogP) is 3.33. The normalized spacial score (nSPS) is 15.4. The molecule has 1 atom stereocenters. The van der Waals surface area contributed by atoms with Crippen LogP contribution in [0.5, 0.6) is 0 Å². The molecule has 0 spiro atoms. The topological polar surface area (TPSA) is 52.7 Å². The predicted molar refractivity (Wildman–Crippen MR) is 111 cm³/mol.